The first-order valence-electron chi connectivity index (χ1n) is 5.29. The molecule has 0 saturated carbocycles. The molecule has 0 bridgehead atoms. The number of nitrogens with zero attached hydrogens (tertiary/aromatic N) is 1. The largest absolute Gasteiger partial charge is 0.504 e. The molecule has 0 unspecified atom stereocenters. The summed E-state index contributed by atoms with van der Waals surface area (Å²) in [5, 5.41) is 9.61. The van der Waals surface area contributed by atoms with E-state index < -0.39 is 0 Å². The fraction of sp³-hybridized carbons (Fsp3) is 0.500. The Labute approximate surface area is 91.3 Å². The number of phenolic OH excluding ortho intramolecular Hbond substituents is 1. The van der Waals surface area contributed by atoms with Gasteiger partial charge in [-0.1, -0.05) is 19.9 Å². The average Bonchev–Trinajstić information content (AvgIpc) is 2.26. The highest BCUT2D eigenvalue weighted by atomic mass is 16.5. The van der Waals surface area contributed by atoms with Crippen molar-refractivity contribution in [1.29, 1.82) is 0 Å². The van der Waals surface area contributed by atoms with Crippen LogP contribution in [0.5, 0.6) is 11.5 Å². The molecule has 0 atom stereocenters. The van der Waals surface area contributed by atoms with Gasteiger partial charge >= 0.3 is 0 Å². The molecule has 84 valence electrons. The Morgan fingerprint density at radius 2 is 1.93 bits per heavy atom. The Morgan fingerprint density at radius 1 is 1.27 bits per heavy atom. The molecule has 0 aliphatic heterocycles. The van der Waals surface area contributed by atoms with Crippen molar-refractivity contribution >= 4 is 0 Å². The molecule has 1 N–H and O–H groups in total. The van der Waals surface area contributed by atoms with Crippen LogP contribution in [-0.4, -0.2) is 30.2 Å². The molecule has 3 heteroatoms. The van der Waals surface area contributed by atoms with Gasteiger partial charge in [-0.3, -0.25) is 4.90 Å². The van der Waals surface area contributed by atoms with E-state index >= 15 is 0 Å². The number of methoxy groups -OCH3 is 1. The van der Waals surface area contributed by atoms with Crippen molar-refractivity contribution in [3.63, 3.8) is 0 Å². The van der Waals surface area contributed by atoms with E-state index in [9.17, 15) is 5.11 Å². The van der Waals surface area contributed by atoms with Crippen molar-refractivity contribution in [1.82, 2.24) is 4.90 Å². The lowest BCUT2D eigenvalue weighted by molar-refractivity contribution is 0.295. The van der Waals surface area contributed by atoms with Crippen LogP contribution < -0.4 is 4.74 Å². The maximum atomic E-state index is 9.61. The van der Waals surface area contributed by atoms with Crippen LogP contribution in [0, 0.1) is 0 Å². The second-order valence-corrected chi connectivity index (χ2v) is 3.47. The van der Waals surface area contributed by atoms with Crippen molar-refractivity contribution in [2.45, 2.75) is 20.4 Å². The van der Waals surface area contributed by atoms with E-state index in [1.807, 2.05) is 6.07 Å². The second-order valence-electron chi connectivity index (χ2n) is 3.47. The predicted octanol–water partition coefficient (Wildman–Crippen LogP) is 2.24. The molecule has 1 aromatic rings. The molecule has 1 aromatic carbocycles. The molecule has 1 rings (SSSR count). The predicted molar refractivity (Wildman–Crippen MR) is 61.3 cm³/mol. The van der Waals surface area contributed by atoms with E-state index in [0.717, 1.165) is 25.2 Å². The van der Waals surface area contributed by atoms with Crippen LogP contribution in [0.1, 0.15) is 19.4 Å². The molecule has 0 fully saturated rings. The molecule has 0 saturated heterocycles. The topological polar surface area (TPSA) is 32.7 Å². The summed E-state index contributed by atoms with van der Waals surface area (Å²) >= 11 is 0. The summed E-state index contributed by atoms with van der Waals surface area (Å²) in [7, 11) is 1.55. The maximum absolute atomic E-state index is 9.61. The number of rotatable bonds is 5. The minimum absolute atomic E-state index is 0.210. The average molecular weight is 209 g/mol. The number of hydrogen-bond donors (Lipinski definition) is 1. The van der Waals surface area contributed by atoms with Gasteiger partial charge in [0.05, 0.1) is 7.11 Å². The smallest absolute Gasteiger partial charge is 0.160 e. The number of ether oxygens (including phenoxy) is 1. The summed E-state index contributed by atoms with van der Waals surface area (Å²) in [5.41, 5.74) is 1.11. The Hall–Kier alpha value is -1.22. The molecular formula is C12H19NO2. The molecular weight excluding hydrogens is 190 g/mol. The monoisotopic (exact) mass is 209 g/mol. The highest BCUT2D eigenvalue weighted by Gasteiger charge is 2.05. The summed E-state index contributed by atoms with van der Waals surface area (Å²) in [6.07, 6.45) is 0. The van der Waals surface area contributed by atoms with Crippen molar-refractivity contribution in [3.8, 4) is 11.5 Å². The van der Waals surface area contributed by atoms with Gasteiger partial charge in [0.1, 0.15) is 0 Å². The van der Waals surface area contributed by atoms with E-state index in [-0.39, 0.29) is 5.75 Å². The minimum atomic E-state index is 0.210. The molecule has 0 aliphatic rings. The third kappa shape index (κ3) is 3.13. The van der Waals surface area contributed by atoms with Gasteiger partial charge in [-0.05, 0) is 30.8 Å². The van der Waals surface area contributed by atoms with Crippen molar-refractivity contribution < 1.29 is 9.84 Å². The first-order chi connectivity index (χ1) is 7.21. The standard InChI is InChI=1S/C12H19NO2/c1-4-13(5-2)9-10-6-7-12(15-3)11(14)8-10/h6-8,14H,4-5,9H2,1-3H3. The van der Waals surface area contributed by atoms with Crippen molar-refractivity contribution in [2.24, 2.45) is 0 Å². The van der Waals surface area contributed by atoms with Crippen LogP contribution in [0.2, 0.25) is 0 Å². The number of aromatic hydroxyl groups is 1. The summed E-state index contributed by atoms with van der Waals surface area (Å²) in [4.78, 5) is 2.29. The summed E-state index contributed by atoms with van der Waals surface area (Å²) in [5.74, 6) is 0.737. The Balaban J connectivity index is 2.74. The maximum Gasteiger partial charge on any atom is 0.160 e. The van der Waals surface area contributed by atoms with Crippen LogP contribution in [0.15, 0.2) is 18.2 Å². The number of hydrogen-bond acceptors (Lipinski definition) is 3. The van der Waals surface area contributed by atoms with E-state index in [1.54, 1.807) is 19.2 Å². The van der Waals surface area contributed by atoms with Gasteiger partial charge in [0.2, 0.25) is 0 Å². The van der Waals surface area contributed by atoms with E-state index in [0.29, 0.717) is 5.75 Å². The van der Waals surface area contributed by atoms with Gasteiger partial charge in [-0.25, -0.2) is 0 Å². The van der Waals surface area contributed by atoms with E-state index in [1.165, 1.54) is 0 Å². The third-order valence-corrected chi connectivity index (χ3v) is 2.54. The van der Waals surface area contributed by atoms with E-state index in [4.69, 9.17) is 4.74 Å². The van der Waals surface area contributed by atoms with Crippen LogP contribution in [0.3, 0.4) is 0 Å². The summed E-state index contributed by atoms with van der Waals surface area (Å²) < 4.78 is 4.99. The lowest BCUT2D eigenvalue weighted by atomic mass is 10.2. The third-order valence-electron chi connectivity index (χ3n) is 2.54. The van der Waals surface area contributed by atoms with Gasteiger partial charge in [0.25, 0.3) is 0 Å². The highest BCUT2D eigenvalue weighted by Crippen LogP contribution is 2.26. The fourth-order valence-corrected chi connectivity index (χ4v) is 1.54. The van der Waals surface area contributed by atoms with Gasteiger partial charge in [-0.2, -0.15) is 0 Å². The molecule has 3 nitrogen and oxygen atoms in total. The normalized spacial score (nSPS) is 10.7. The van der Waals surface area contributed by atoms with Gasteiger partial charge in [-0.15, -0.1) is 0 Å². The zero-order valence-corrected chi connectivity index (χ0v) is 9.66. The fourth-order valence-electron chi connectivity index (χ4n) is 1.54. The van der Waals surface area contributed by atoms with Gasteiger partial charge in [0, 0.05) is 6.54 Å². The zero-order valence-electron chi connectivity index (χ0n) is 9.66. The van der Waals surface area contributed by atoms with Crippen molar-refractivity contribution in [3.05, 3.63) is 23.8 Å². The molecule has 0 aliphatic carbocycles. The Morgan fingerprint density at radius 3 is 2.40 bits per heavy atom. The lowest BCUT2D eigenvalue weighted by Crippen LogP contribution is -2.21. The number of benzene rings is 1. The summed E-state index contributed by atoms with van der Waals surface area (Å²) in [6.45, 7) is 7.16. The molecule has 0 spiro atoms. The lowest BCUT2D eigenvalue weighted by Gasteiger charge is -2.18. The van der Waals surface area contributed by atoms with Crippen LogP contribution in [-0.2, 0) is 6.54 Å². The van der Waals surface area contributed by atoms with Crippen molar-refractivity contribution in [2.75, 3.05) is 20.2 Å². The SMILES string of the molecule is CCN(CC)Cc1ccc(OC)c(O)c1. The highest BCUT2D eigenvalue weighted by molar-refractivity contribution is 5.41. The quantitative estimate of drug-likeness (QED) is 0.807. The number of phenols is 1. The first-order valence-corrected chi connectivity index (χ1v) is 5.29. The first kappa shape index (κ1) is 11.9. The molecule has 0 amide bonds. The van der Waals surface area contributed by atoms with Gasteiger partial charge < -0.3 is 9.84 Å². The summed E-state index contributed by atoms with van der Waals surface area (Å²) in [6, 6.07) is 5.54. The van der Waals surface area contributed by atoms with E-state index in [2.05, 4.69) is 18.7 Å². The zero-order chi connectivity index (χ0) is 11.3. The Kier molecular flexibility index (Phi) is 4.43. The minimum Gasteiger partial charge on any atom is -0.504 e. The van der Waals surface area contributed by atoms with Crippen LogP contribution in [0.25, 0.3) is 0 Å². The molecule has 0 heterocycles. The Bertz CT molecular complexity index is 308. The van der Waals surface area contributed by atoms with Crippen LogP contribution in [0.4, 0.5) is 0 Å². The second kappa shape index (κ2) is 5.61. The van der Waals surface area contributed by atoms with Crippen LogP contribution >= 0.6 is 0 Å². The molecule has 0 radical (unpaired) electrons. The molecule has 0 aromatic heterocycles. The van der Waals surface area contributed by atoms with Gasteiger partial charge in [0.15, 0.2) is 11.5 Å². The molecule has 15 heavy (non-hydrogen) atoms.